The van der Waals surface area contributed by atoms with Crippen LogP contribution in [0.5, 0.6) is 0 Å². The van der Waals surface area contributed by atoms with Crippen molar-refractivity contribution < 1.29 is 33.4 Å². The Bertz CT molecular complexity index is 1120. The molecule has 3 rings (SSSR count). The highest BCUT2D eigenvalue weighted by atomic mass is 16.5. The van der Waals surface area contributed by atoms with Crippen LogP contribution in [-0.2, 0) is 19.1 Å². The molecule has 0 saturated carbocycles. The Morgan fingerprint density at radius 1 is 0.844 bits per heavy atom. The molecule has 0 unspecified atom stereocenters. The Morgan fingerprint density at radius 2 is 1.44 bits per heavy atom. The van der Waals surface area contributed by atoms with Crippen LogP contribution in [0.2, 0.25) is 0 Å². The van der Waals surface area contributed by atoms with Gasteiger partial charge in [0.2, 0.25) is 0 Å². The number of esters is 2. The fourth-order valence-electron chi connectivity index (χ4n) is 3.38. The minimum Gasteiger partial charge on any atom is -0.468 e. The number of carbonyl (C=O) groups is 5. The minimum atomic E-state index is -0.726. The molecule has 0 bridgehead atoms. The monoisotopic (exact) mass is 438 g/mol. The number of carbonyl (C=O) groups excluding carboxylic acids is 5. The first-order valence-electron chi connectivity index (χ1n) is 9.71. The predicted octanol–water partition coefficient (Wildman–Crippen LogP) is 1.89. The third-order valence-corrected chi connectivity index (χ3v) is 5.12. The van der Waals surface area contributed by atoms with Crippen molar-refractivity contribution >= 4 is 35.3 Å². The first-order valence-corrected chi connectivity index (χ1v) is 9.71. The SMILES string of the molecule is COC(=O)CN(CC(=O)OC)C(=O)c1ccc2c(c1)C(=O)N(c1cc(C)ccc1C)C2=O. The largest absolute Gasteiger partial charge is 0.468 e. The Kier molecular flexibility index (Phi) is 6.38. The standard InChI is InChI=1S/C23H22N2O7/c1-13-5-6-14(2)18(9-13)25-22(29)16-8-7-15(10-17(16)23(25)30)21(28)24(11-19(26)31-3)12-20(27)32-4/h5-10H,11-12H2,1-4H3. The summed E-state index contributed by atoms with van der Waals surface area (Å²) < 4.78 is 9.16. The van der Waals surface area contributed by atoms with Crippen molar-refractivity contribution in [3.63, 3.8) is 0 Å². The highest BCUT2D eigenvalue weighted by Gasteiger charge is 2.38. The van der Waals surface area contributed by atoms with Crippen LogP contribution in [0.15, 0.2) is 36.4 Å². The van der Waals surface area contributed by atoms with Crippen LogP contribution in [0.1, 0.15) is 42.2 Å². The first-order chi connectivity index (χ1) is 15.2. The van der Waals surface area contributed by atoms with Gasteiger partial charge >= 0.3 is 11.9 Å². The van der Waals surface area contributed by atoms with E-state index in [1.807, 2.05) is 19.1 Å². The number of amides is 3. The molecule has 32 heavy (non-hydrogen) atoms. The van der Waals surface area contributed by atoms with Crippen LogP contribution in [0.25, 0.3) is 0 Å². The second kappa shape index (κ2) is 9.01. The molecule has 0 saturated heterocycles. The van der Waals surface area contributed by atoms with E-state index in [0.29, 0.717) is 5.69 Å². The zero-order valence-corrected chi connectivity index (χ0v) is 18.1. The zero-order valence-electron chi connectivity index (χ0n) is 18.1. The van der Waals surface area contributed by atoms with E-state index < -0.39 is 42.7 Å². The smallest absolute Gasteiger partial charge is 0.325 e. The van der Waals surface area contributed by atoms with Crippen molar-refractivity contribution in [3.05, 3.63) is 64.2 Å². The van der Waals surface area contributed by atoms with Crippen molar-refractivity contribution in [2.75, 3.05) is 32.2 Å². The second-order valence-corrected chi connectivity index (χ2v) is 7.31. The topological polar surface area (TPSA) is 110 Å². The number of aryl methyl sites for hydroxylation is 2. The van der Waals surface area contributed by atoms with Gasteiger partial charge in [0.25, 0.3) is 17.7 Å². The molecular formula is C23H22N2O7. The molecule has 0 N–H and O–H groups in total. The molecule has 2 aromatic rings. The highest BCUT2D eigenvalue weighted by molar-refractivity contribution is 6.35. The van der Waals surface area contributed by atoms with Gasteiger partial charge in [-0.15, -0.1) is 0 Å². The Balaban J connectivity index is 1.96. The average molecular weight is 438 g/mol. The number of nitrogens with zero attached hydrogens (tertiary/aromatic N) is 2. The predicted molar refractivity (Wildman–Crippen MR) is 113 cm³/mol. The van der Waals surface area contributed by atoms with Crippen LogP contribution in [0.3, 0.4) is 0 Å². The van der Waals surface area contributed by atoms with Crippen molar-refractivity contribution in [2.24, 2.45) is 0 Å². The Hall–Kier alpha value is -4.01. The summed E-state index contributed by atoms with van der Waals surface area (Å²) in [5.74, 6) is -3.18. The molecule has 9 heteroatoms. The summed E-state index contributed by atoms with van der Waals surface area (Å²) in [5, 5.41) is 0. The van der Waals surface area contributed by atoms with Crippen molar-refractivity contribution in [2.45, 2.75) is 13.8 Å². The van der Waals surface area contributed by atoms with Gasteiger partial charge in [0, 0.05) is 5.56 Å². The molecule has 0 atom stereocenters. The molecule has 0 fully saturated rings. The molecule has 166 valence electrons. The lowest BCUT2D eigenvalue weighted by molar-refractivity contribution is -0.144. The van der Waals surface area contributed by atoms with Gasteiger partial charge < -0.3 is 14.4 Å². The van der Waals surface area contributed by atoms with Crippen LogP contribution < -0.4 is 4.90 Å². The normalized spacial score (nSPS) is 12.4. The van der Waals surface area contributed by atoms with Crippen LogP contribution >= 0.6 is 0 Å². The maximum atomic E-state index is 13.1. The first kappa shape index (κ1) is 22.7. The minimum absolute atomic E-state index is 0.0421. The molecule has 2 aromatic carbocycles. The van der Waals surface area contributed by atoms with Gasteiger partial charge in [0.05, 0.1) is 31.0 Å². The number of hydrogen-bond donors (Lipinski definition) is 0. The molecule has 0 radical (unpaired) electrons. The van der Waals surface area contributed by atoms with E-state index in [9.17, 15) is 24.0 Å². The fourth-order valence-corrected chi connectivity index (χ4v) is 3.38. The summed E-state index contributed by atoms with van der Waals surface area (Å²) in [6, 6.07) is 9.51. The van der Waals surface area contributed by atoms with E-state index in [2.05, 4.69) is 9.47 Å². The number of anilines is 1. The van der Waals surface area contributed by atoms with Gasteiger partial charge in [-0.3, -0.25) is 24.0 Å². The third-order valence-electron chi connectivity index (χ3n) is 5.12. The van der Waals surface area contributed by atoms with Crippen LogP contribution in [-0.4, -0.2) is 61.9 Å². The summed E-state index contributed by atoms with van der Waals surface area (Å²) in [6.07, 6.45) is 0. The van der Waals surface area contributed by atoms with Gasteiger partial charge in [0.15, 0.2) is 0 Å². The quantitative estimate of drug-likeness (QED) is 0.500. The van der Waals surface area contributed by atoms with Gasteiger partial charge in [-0.25, -0.2) is 4.90 Å². The van der Waals surface area contributed by atoms with Gasteiger partial charge in [-0.1, -0.05) is 12.1 Å². The van der Waals surface area contributed by atoms with E-state index in [1.54, 1.807) is 13.0 Å². The lowest BCUT2D eigenvalue weighted by Gasteiger charge is -2.20. The number of hydrogen-bond acceptors (Lipinski definition) is 7. The molecule has 9 nitrogen and oxygen atoms in total. The third kappa shape index (κ3) is 4.22. The maximum Gasteiger partial charge on any atom is 0.325 e. The average Bonchev–Trinajstić information content (AvgIpc) is 3.03. The lowest BCUT2D eigenvalue weighted by atomic mass is 10.0. The van der Waals surface area contributed by atoms with E-state index in [1.165, 1.54) is 18.2 Å². The molecule has 1 aliphatic heterocycles. The maximum absolute atomic E-state index is 13.1. The van der Waals surface area contributed by atoms with Crippen LogP contribution in [0.4, 0.5) is 5.69 Å². The van der Waals surface area contributed by atoms with Crippen LogP contribution in [0, 0.1) is 13.8 Å². The zero-order chi connectivity index (χ0) is 23.6. The number of imide groups is 1. The lowest BCUT2D eigenvalue weighted by Crippen LogP contribution is -2.40. The molecule has 0 spiro atoms. The van der Waals surface area contributed by atoms with E-state index in [0.717, 1.165) is 35.1 Å². The van der Waals surface area contributed by atoms with Crippen molar-refractivity contribution in [1.29, 1.82) is 0 Å². The summed E-state index contributed by atoms with van der Waals surface area (Å²) in [7, 11) is 2.31. The molecular weight excluding hydrogens is 416 g/mol. The number of benzene rings is 2. The van der Waals surface area contributed by atoms with Gasteiger partial charge in [0.1, 0.15) is 13.1 Å². The van der Waals surface area contributed by atoms with Crippen molar-refractivity contribution in [1.82, 2.24) is 4.90 Å². The van der Waals surface area contributed by atoms with Crippen molar-refractivity contribution in [3.8, 4) is 0 Å². The summed E-state index contributed by atoms with van der Waals surface area (Å²) >= 11 is 0. The summed E-state index contributed by atoms with van der Waals surface area (Å²) in [6.45, 7) is 2.69. The summed E-state index contributed by atoms with van der Waals surface area (Å²) in [4.78, 5) is 64.4. The molecule has 3 amide bonds. The van der Waals surface area contributed by atoms with E-state index >= 15 is 0 Å². The number of fused-ring (bicyclic) bond motifs is 1. The summed E-state index contributed by atoms with van der Waals surface area (Å²) in [5.41, 5.74) is 2.39. The number of rotatable bonds is 6. The highest BCUT2D eigenvalue weighted by Crippen LogP contribution is 2.32. The molecule has 0 aromatic heterocycles. The fraction of sp³-hybridized carbons (Fsp3) is 0.261. The number of methoxy groups -OCH3 is 2. The molecule has 1 heterocycles. The Labute approximate surface area is 184 Å². The van der Waals surface area contributed by atoms with E-state index in [4.69, 9.17) is 0 Å². The molecule has 0 aliphatic carbocycles. The number of ether oxygens (including phenoxy) is 2. The Morgan fingerprint density at radius 3 is 2.03 bits per heavy atom. The van der Waals surface area contributed by atoms with Gasteiger partial charge in [-0.05, 0) is 49.2 Å². The second-order valence-electron chi connectivity index (χ2n) is 7.31. The van der Waals surface area contributed by atoms with E-state index in [-0.39, 0.29) is 16.7 Å². The molecule has 1 aliphatic rings. The van der Waals surface area contributed by atoms with Gasteiger partial charge in [-0.2, -0.15) is 0 Å².